The van der Waals surface area contributed by atoms with Crippen molar-refractivity contribution in [1.29, 1.82) is 0 Å². The van der Waals surface area contributed by atoms with Gasteiger partial charge in [-0.1, -0.05) is 6.92 Å². The Morgan fingerprint density at radius 2 is 2.26 bits per heavy atom. The first-order chi connectivity index (χ1) is 9.00. The predicted molar refractivity (Wildman–Crippen MR) is 66.8 cm³/mol. The fourth-order valence-corrected chi connectivity index (χ4v) is 2.40. The van der Waals surface area contributed by atoms with Crippen molar-refractivity contribution in [2.75, 3.05) is 13.1 Å². The lowest BCUT2D eigenvalue weighted by Gasteiger charge is -2.23. The molecule has 0 saturated carbocycles. The molecule has 0 bridgehead atoms. The molecular weight excluding hydrogens is 248 g/mol. The average Bonchev–Trinajstić information content (AvgIpc) is 2.84. The maximum atomic E-state index is 12.2. The van der Waals surface area contributed by atoms with Crippen LogP contribution in [-0.4, -0.2) is 45.1 Å². The van der Waals surface area contributed by atoms with E-state index in [1.54, 1.807) is 0 Å². The predicted octanol–water partition coefficient (Wildman–Crippen LogP) is 1.11. The molecule has 2 N–H and O–H groups in total. The minimum Gasteiger partial charge on any atom is -0.505 e. The third-order valence-corrected chi connectivity index (χ3v) is 3.80. The lowest BCUT2D eigenvalue weighted by molar-refractivity contribution is -0.148. The van der Waals surface area contributed by atoms with Gasteiger partial charge in [0.15, 0.2) is 0 Å². The van der Waals surface area contributed by atoms with Crippen molar-refractivity contribution in [1.82, 2.24) is 9.88 Å². The smallest absolute Gasteiger partial charge is 0.311 e. The Morgan fingerprint density at radius 1 is 1.53 bits per heavy atom. The van der Waals surface area contributed by atoms with Crippen molar-refractivity contribution >= 4 is 11.9 Å². The van der Waals surface area contributed by atoms with E-state index in [4.69, 9.17) is 0 Å². The first-order valence-electron chi connectivity index (χ1n) is 6.16. The lowest BCUT2D eigenvalue weighted by Crippen LogP contribution is -2.36. The van der Waals surface area contributed by atoms with Crippen LogP contribution in [0.1, 0.15) is 30.1 Å². The summed E-state index contributed by atoms with van der Waals surface area (Å²) in [5.41, 5.74) is -0.703. The maximum absolute atomic E-state index is 12.2. The molecule has 0 radical (unpaired) electrons. The summed E-state index contributed by atoms with van der Waals surface area (Å²) in [6.45, 7) is 2.38. The highest BCUT2D eigenvalue weighted by molar-refractivity contribution is 5.97. The van der Waals surface area contributed by atoms with Crippen LogP contribution >= 0.6 is 0 Å². The fraction of sp³-hybridized carbons (Fsp3) is 0.462. The van der Waals surface area contributed by atoms with E-state index >= 15 is 0 Å². The number of aromatic hydroxyl groups is 1. The van der Waals surface area contributed by atoms with E-state index in [2.05, 4.69) is 4.98 Å². The molecule has 0 aromatic carbocycles. The third kappa shape index (κ3) is 2.25. The summed E-state index contributed by atoms with van der Waals surface area (Å²) in [6.07, 6.45) is 3.55. The van der Waals surface area contributed by atoms with Gasteiger partial charge in [-0.2, -0.15) is 0 Å². The number of carboxylic acid groups (broad SMARTS) is 1. The van der Waals surface area contributed by atoms with Crippen molar-refractivity contribution in [3.05, 3.63) is 24.0 Å². The van der Waals surface area contributed by atoms with E-state index in [-0.39, 0.29) is 23.8 Å². The topological polar surface area (TPSA) is 90.7 Å². The van der Waals surface area contributed by atoms with Gasteiger partial charge in [-0.05, 0) is 18.9 Å². The minimum absolute atomic E-state index is 0.160. The molecule has 0 spiro atoms. The Morgan fingerprint density at radius 3 is 2.79 bits per heavy atom. The van der Waals surface area contributed by atoms with Gasteiger partial charge in [-0.15, -0.1) is 0 Å². The molecule has 1 fully saturated rings. The van der Waals surface area contributed by atoms with Crippen molar-refractivity contribution in [2.45, 2.75) is 19.8 Å². The highest BCUT2D eigenvalue weighted by atomic mass is 16.4. The Hall–Kier alpha value is -2.11. The van der Waals surface area contributed by atoms with Gasteiger partial charge in [-0.3, -0.25) is 14.6 Å². The standard InChI is InChI=1S/C13H16N2O4/c1-2-13(12(18)19)4-6-15(8-13)11(17)9-3-5-14-7-10(9)16/h3,5,7,16H,2,4,6,8H2,1H3,(H,18,19). The quantitative estimate of drug-likeness (QED) is 0.853. The van der Waals surface area contributed by atoms with Crippen LogP contribution in [0.15, 0.2) is 18.5 Å². The number of hydrogen-bond donors (Lipinski definition) is 2. The lowest BCUT2D eigenvalue weighted by atomic mass is 9.84. The van der Waals surface area contributed by atoms with E-state index in [9.17, 15) is 19.8 Å². The van der Waals surface area contributed by atoms with E-state index in [0.717, 1.165) is 0 Å². The number of aliphatic carboxylic acids is 1. The Kier molecular flexibility index (Phi) is 3.42. The molecule has 19 heavy (non-hydrogen) atoms. The summed E-state index contributed by atoms with van der Waals surface area (Å²) < 4.78 is 0. The fourth-order valence-electron chi connectivity index (χ4n) is 2.40. The van der Waals surface area contributed by atoms with Gasteiger partial charge in [0.2, 0.25) is 0 Å². The number of aromatic nitrogens is 1. The summed E-state index contributed by atoms with van der Waals surface area (Å²) in [4.78, 5) is 28.8. The molecule has 1 saturated heterocycles. The van der Waals surface area contributed by atoms with Crippen LogP contribution in [0.5, 0.6) is 5.75 Å². The van der Waals surface area contributed by atoms with E-state index in [1.165, 1.54) is 23.4 Å². The van der Waals surface area contributed by atoms with Gasteiger partial charge in [0, 0.05) is 19.3 Å². The van der Waals surface area contributed by atoms with Crippen LogP contribution in [0, 0.1) is 5.41 Å². The summed E-state index contributed by atoms with van der Waals surface area (Å²) in [6, 6.07) is 1.43. The molecule has 6 heteroatoms. The normalized spacial score (nSPS) is 22.5. The van der Waals surface area contributed by atoms with Crippen LogP contribution in [0.2, 0.25) is 0 Å². The molecular formula is C13H16N2O4. The minimum atomic E-state index is -0.871. The number of hydrogen-bond acceptors (Lipinski definition) is 4. The summed E-state index contributed by atoms with van der Waals surface area (Å²) >= 11 is 0. The number of pyridine rings is 1. The largest absolute Gasteiger partial charge is 0.505 e. The number of nitrogens with zero attached hydrogens (tertiary/aromatic N) is 2. The molecule has 102 valence electrons. The van der Waals surface area contributed by atoms with Crippen LogP contribution in [-0.2, 0) is 4.79 Å². The molecule has 1 aromatic rings. The van der Waals surface area contributed by atoms with Gasteiger partial charge < -0.3 is 15.1 Å². The number of likely N-dealkylation sites (tertiary alicyclic amines) is 1. The van der Waals surface area contributed by atoms with Crippen LogP contribution in [0.3, 0.4) is 0 Å². The van der Waals surface area contributed by atoms with Gasteiger partial charge >= 0.3 is 5.97 Å². The molecule has 6 nitrogen and oxygen atoms in total. The third-order valence-electron chi connectivity index (χ3n) is 3.80. The second-order valence-electron chi connectivity index (χ2n) is 4.81. The molecule has 1 aliphatic heterocycles. The molecule has 1 aromatic heterocycles. The molecule has 1 aliphatic rings. The molecule has 2 rings (SSSR count). The highest BCUT2D eigenvalue weighted by Gasteiger charge is 2.45. The zero-order chi connectivity index (χ0) is 14.0. The average molecular weight is 264 g/mol. The number of rotatable bonds is 3. The van der Waals surface area contributed by atoms with Crippen LogP contribution in [0.4, 0.5) is 0 Å². The van der Waals surface area contributed by atoms with Crippen molar-refractivity contribution < 1.29 is 19.8 Å². The van der Waals surface area contributed by atoms with Crippen molar-refractivity contribution in [2.24, 2.45) is 5.41 Å². The van der Waals surface area contributed by atoms with Gasteiger partial charge in [0.25, 0.3) is 5.91 Å². The molecule has 1 amide bonds. The summed E-state index contributed by atoms with van der Waals surface area (Å²) in [5.74, 6) is -1.41. The number of carbonyl (C=O) groups is 2. The van der Waals surface area contributed by atoms with E-state index in [0.29, 0.717) is 19.4 Å². The Labute approximate surface area is 110 Å². The number of carbonyl (C=O) groups excluding carboxylic acids is 1. The Balaban J connectivity index is 2.20. The van der Waals surface area contributed by atoms with Crippen LogP contribution in [0.25, 0.3) is 0 Å². The number of amides is 1. The molecule has 1 atom stereocenters. The summed E-state index contributed by atoms with van der Waals surface area (Å²) in [7, 11) is 0. The van der Waals surface area contributed by atoms with Gasteiger partial charge in [-0.25, -0.2) is 0 Å². The highest BCUT2D eigenvalue weighted by Crippen LogP contribution is 2.35. The monoisotopic (exact) mass is 264 g/mol. The second-order valence-corrected chi connectivity index (χ2v) is 4.81. The number of carboxylic acids is 1. The zero-order valence-corrected chi connectivity index (χ0v) is 10.7. The first kappa shape index (κ1) is 13.3. The van der Waals surface area contributed by atoms with Crippen molar-refractivity contribution in [3.63, 3.8) is 0 Å². The summed E-state index contributed by atoms with van der Waals surface area (Å²) in [5, 5.41) is 18.9. The maximum Gasteiger partial charge on any atom is 0.311 e. The van der Waals surface area contributed by atoms with Gasteiger partial charge in [0.05, 0.1) is 17.2 Å². The van der Waals surface area contributed by atoms with Crippen LogP contribution < -0.4 is 0 Å². The first-order valence-corrected chi connectivity index (χ1v) is 6.16. The SMILES string of the molecule is CCC1(C(=O)O)CCN(C(=O)c2ccncc2O)C1. The van der Waals surface area contributed by atoms with E-state index < -0.39 is 11.4 Å². The zero-order valence-electron chi connectivity index (χ0n) is 10.7. The molecule has 0 aliphatic carbocycles. The second kappa shape index (κ2) is 4.87. The Bertz CT molecular complexity index is 517. The van der Waals surface area contributed by atoms with E-state index in [1.807, 2.05) is 6.92 Å². The van der Waals surface area contributed by atoms with Crippen molar-refractivity contribution in [3.8, 4) is 5.75 Å². The molecule has 1 unspecified atom stereocenters. The van der Waals surface area contributed by atoms with Gasteiger partial charge in [0.1, 0.15) is 5.75 Å². The molecule has 2 heterocycles.